The van der Waals surface area contributed by atoms with Crippen LogP contribution in [0.15, 0.2) is 40.8 Å². The molecule has 2 heterocycles. The number of aromatic nitrogens is 1. The molecule has 1 amide bonds. The van der Waals surface area contributed by atoms with Crippen LogP contribution in [0, 0.1) is 6.92 Å². The fourth-order valence-electron chi connectivity index (χ4n) is 2.81. The van der Waals surface area contributed by atoms with E-state index in [1.54, 1.807) is 6.07 Å². The first-order chi connectivity index (χ1) is 12.0. The Bertz CT molecular complexity index is 1110. The number of amides is 1. The van der Waals surface area contributed by atoms with Gasteiger partial charge in [-0.15, -0.1) is 0 Å². The number of aryl methyl sites for hydroxylation is 2. The van der Waals surface area contributed by atoms with Gasteiger partial charge in [-0.3, -0.25) is 10.1 Å². The van der Waals surface area contributed by atoms with Gasteiger partial charge in [-0.1, -0.05) is 35.9 Å². The van der Waals surface area contributed by atoms with Gasteiger partial charge in [0.25, 0.3) is 5.91 Å². The molecule has 0 aliphatic rings. The van der Waals surface area contributed by atoms with E-state index in [1.807, 2.05) is 31.2 Å². The van der Waals surface area contributed by atoms with Gasteiger partial charge in [-0.2, -0.15) is 0 Å². The van der Waals surface area contributed by atoms with E-state index in [0.717, 1.165) is 33.2 Å². The van der Waals surface area contributed by atoms with E-state index >= 15 is 0 Å². The van der Waals surface area contributed by atoms with Crippen molar-refractivity contribution in [3.63, 3.8) is 0 Å². The summed E-state index contributed by atoms with van der Waals surface area (Å²) in [6, 6.07) is 11.5. The Kier molecular flexibility index (Phi) is 3.98. The Hall–Kier alpha value is -2.37. The van der Waals surface area contributed by atoms with Gasteiger partial charge in [-0.25, -0.2) is 4.98 Å². The average molecular weight is 371 g/mol. The topological polar surface area (TPSA) is 55.1 Å². The van der Waals surface area contributed by atoms with Crippen LogP contribution in [0.4, 0.5) is 5.13 Å². The molecule has 0 saturated carbocycles. The zero-order valence-electron chi connectivity index (χ0n) is 13.7. The molecule has 0 atom stereocenters. The summed E-state index contributed by atoms with van der Waals surface area (Å²) in [5.74, 6) is 0.0254. The van der Waals surface area contributed by atoms with E-state index in [9.17, 15) is 4.79 Å². The van der Waals surface area contributed by atoms with Crippen molar-refractivity contribution >= 4 is 55.2 Å². The molecule has 0 fully saturated rings. The molecular weight excluding hydrogens is 356 g/mol. The quantitative estimate of drug-likeness (QED) is 0.494. The molecule has 6 heteroatoms. The number of fused-ring (bicyclic) bond motifs is 2. The van der Waals surface area contributed by atoms with E-state index in [-0.39, 0.29) is 5.91 Å². The molecule has 2 aromatic carbocycles. The Labute approximate surface area is 153 Å². The number of furan rings is 1. The molecule has 0 bridgehead atoms. The van der Waals surface area contributed by atoms with Gasteiger partial charge in [-0.05, 0) is 49.2 Å². The van der Waals surface area contributed by atoms with Crippen molar-refractivity contribution in [1.29, 1.82) is 0 Å². The minimum absolute atomic E-state index is 0.295. The summed E-state index contributed by atoms with van der Waals surface area (Å²) in [7, 11) is 0. The minimum atomic E-state index is -0.295. The zero-order valence-corrected chi connectivity index (χ0v) is 15.3. The van der Waals surface area contributed by atoms with Crippen LogP contribution in [0.25, 0.3) is 21.2 Å². The molecule has 0 saturated heterocycles. The number of anilines is 1. The molecule has 4 aromatic rings. The summed E-state index contributed by atoms with van der Waals surface area (Å²) in [5.41, 5.74) is 3.58. The lowest BCUT2D eigenvalue weighted by Gasteiger charge is -1.99. The number of hydrogen-bond acceptors (Lipinski definition) is 4. The maximum absolute atomic E-state index is 12.6. The van der Waals surface area contributed by atoms with Gasteiger partial charge >= 0.3 is 0 Å². The zero-order chi connectivity index (χ0) is 17.6. The third kappa shape index (κ3) is 2.90. The van der Waals surface area contributed by atoms with E-state index in [1.165, 1.54) is 16.9 Å². The smallest absolute Gasteiger partial charge is 0.293 e. The van der Waals surface area contributed by atoms with Crippen LogP contribution in [0.1, 0.15) is 28.6 Å². The molecule has 4 nitrogen and oxygen atoms in total. The van der Waals surface area contributed by atoms with Crippen molar-refractivity contribution in [1.82, 2.24) is 4.98 Å². The summed E-state index contributed by atoms with van der Waals surface area (Å²) >= 11 is 7.38. The van der Waals surface area contributed by atoms with Gasteiger partial charge in [0, 0.05) is 16.0 Å². The first-order valence-corrected chi connectivity index (χ1v) is 9.14. The molecule has 0 radical (unpaired) electrons. The second-order valence-electron chi connectivity index (χ2n) is 5.83. The minimum Gasteiger partial charge on any atom is -0.451 e. The highest BCUT2D eigenvalue weighted by atomic mass is 35.5. The van der Waals surface area contributed by atoms with E-state index < -0.39 is 0 Å². The molecule has 0 spiro atoms. The average Bonchev–Trinajstić information content (AvgIpc) is 3.14. The lowest BCUT2D eigenvalue weighted by molar-refractivity contribution is 0.0998. The lowest BCUT2D eigenvalue weighted by Crippen LogP contribution is -2.11. The first-order valence-electron chi connectivity index (χ1n) is 7.94. The Morgan fingerprint density at radius 2 is 2.12 bits per heavy atom. The molecule has 0 aliphatic carbocycles. The summed E-state index contributed by atoms with van der Waals surface area (Å²) in [5, 5.41) is 4.97. The van der Waals surface area contributed by atoms with Crippen molar-refractivity contribution in [2.45, 2.75) is 20.3 Å². The first kappa shape index (κ1) is 16.1. The highest BCUT2D eigenvalue weighted by Crippen LogP contribution is 2.30. The maximum Gasteiger partial charge on any atom is 0.293 e. The van der Waals surface area contributed by atoms with Crippen molar-refractivity contribution in [2.75, 3.05) is 5.32 Å². The van der Waals surface area contributed by atoms with Crippen molar-refractivity contribution < 1.29 is 9.21 Å². The van der Waals surface area contributed by atoms with Crippen LogP contribution >= 0.6 is 22.9 Å². The number of nitrogens with zero attached hydrogens (tertiary/aromatic N) is 1. The van der Waals surface area contributed by atoms with Crippen molar-refractivity contribution in [3.8, 4) is 0 Å². The molecular formula is C19H15ClN2O2S. The number of benzene rings is 2. The SMILES string of the molecule is CCc1ccc2oc(C(=O)Nc3nc4ccc(Cl)cc4s3)c(C)c2c1. The number of hydrogen-bond donors (Lipinski definition) is 1. The van der Waals surface area contributed by atoms with Gasteiger partial charge < -0.3 is 4.42 Å². The van der Waals surface area contributed by atoms with E-state index in [4.69, 9.17) is 16.0 Å². The van der Waals surface area contributed by atoms with Crippen molar-refractivity contribution in [2.24, 2.45) is 0 Å². The molecule has 25 heavy (non-hydrogen) atoms. The summed E-state index contributed by atoms with van der Waals surface area (Å²) in [6.07, 6.45) is 0.941. The summed E-state index contributed by atoms with van der Waals surface area (Å²) in [6.45, 7) is 4.00. The van der Waals surface area contributed by atoms with Crippen LogP contribution < -0.4 is 5.32 Å². The van der Waals surface area contributed by atoms with Crippen LogP contribution in [0.2, 0.25) is 5.02 Å². The monoisotopic (exact) mass is 370 g/mol. The predicted molar refractivity (Wildman–Crippen MR) is 103 cm³/mol. The number of carbonyl (C=O) groups excluding carboxylic acids is 1. The molecule has 126 valence electrons. The Morgan fingerprint density at radius 1 is 1.28 bits per heavy atom. The largest absolute Gasteiger partial charge is 0.451 e. The maximum atomic E-state index is 12.6. The summed E-state index contributed by atoms with van der Waals surface area (Å²) < 4.78 is 6.70. The van der Waals surface area contributed by atoms with Crippen LogP contribution in [0.3, 0.4) is 0 Å². The molecule has 1 N–H and O–H groups in total. The lowest BCUT2D eigenvalue weighted by atomic mass is 10.1. The normalized spacial score (nSPS) is 11.3. The van der Waals surface area contributed by atoms with Crippen molar-refractivity contribution in [3.05, 3.63) is 58.3 Å². The molecule has 0 unspecified atom stereocenters. The Morgan fingerprint density at radius 3 is 2.92 bits per heavy atom. The van der Waals surface area contributed by atoms with Crippen LogP contribution in [-0.4, -0.2) is 10.9 Å². The van der Waals surface area contributed by atoms with Gasteiger partial charge in [0.1, 0.15) is 5.58 Å². The number of nitrogens with one attached hydrogen (secondary N) is 1. The summed E-state index contributed by atoms with van der Waals surface area (Å²) in [4.78, 5) is 17.1. The van der Waals surface area contributed by atoms with Gasteiger partial charge in [0.2, 0.25) is 0 Å². The van der Waals surface area contributed by atoms with Crippen LogP contribution in [0.5, 0.6) is 0 Å². The predicted octanol–water partition coefficient (Wildman–Crippen LogP) is 5.82. The highest BCUT2D eigenvalue weighted by molar-refractivity contribution is 7.22. The van der Waals surface area contributed by atoms with Gasteiger partial charge in [0.05, 0.1) is 10.2 Å². The molecule has 0 aliphatic heterocycles. The third-order valence-corrected chi connectivity index (χ3v) is 5.35. The fraction of sp³-hybridized carbons (Fsp3) is 0.158. The van der Waals surface area contributed by atoms with Gasteiger partial charge in [0.15, 0.2) is 10.9 Å². The molecule has 2 aromatic heterocycles. The number of rotatable bonds is 3. The third-order valence-electron chi connectivity index (χ3n) is 4.19. The standard InChI is InChI=1S/C19H15ClN2O2S/c1-3-11-4-7-15-13(8-11)10(2)17(24-15)18(23)22-19-21-14-6-5-12(20)9-16(14)25-19/h4-9H,3H2,1-2H3,(H,21,22,23). The number of thiazole rings is 1. The number of halogens is 1. The second kappa shape index (κ2) is 6.17. The van der Waals surface area contributed by atoms with E-state index in [0.29, 0.717) is 15.9 Å². The van der Waals surface area contributed by atoms with E-state index in [2.05, 4.69) is 23.3 Å². The number of carbonyl (C=O) groups is 1. The molecule has 4 rings (SSSR count). The Balaban J connectivity index is 1.67. The highest BCUT2D eigenvalue weighted by Gasteiger charge is 2.19. The fourth-order valence-corrected chi connectivity index (χ4v) is 3.95. The van der Waals surface area contributed by atoms with Crippen LogP contribution in [-0.2, 0) is 6.42 Å². The second-order valence-corrected chi connectivity index (χ2v) is 7.29.